The van der Waals surface area contributed by atoms with E-state index in [1.54, 1.807) is 18.2 Å². The zero-order chi connectivity index (χ0) is 20.1. The summed E-state index contributed by atoms with van der Waals surface area (Å²) in [5, 5.41) is 5.62. The maximum atomic E-state index is 13.8. The number of carbonyl (C=O) groups excluding carboxylic acids is 2. The summed E-state index contributed by atoms with van der Waals surface area (Å²) in [6.45, 7) is 5.53. The van der Waals surface area contributed by atoms with Gasteiger partial charge in [0.05, 0.1) is 5.69 Å². The van der Waals surface area contributed by atoms with Gasteiger partial charge in [0.15, 0.2) is 5.82 Å². The van der Waals surface area contributed by atoms with Gasteiger partial charge in [-0.15, -0.1) is 0 Å². The molecule has 1 aliphatic rings. The predicted molar refractivity (Wildman–Crippen MR) is 105 cm³/mol. The smallest absolute Gasteiger partial charge is 0.287 e. The van der Waals surface area contributed by atoms with Crippen LogP contribution in [0.5, 0.6) is 0 Å². The monoisotopic (exact) mass is 386 g/mol. The number of rotatable bonds is 7. The SMILES string of the molecule is CC(C)CCNC(=O)c1nc(C(=O)NCc2ccccc2F)c2n1CCCC2. The highest BCUT2D eigenvalue weighted by Gasteiger charge is 2.27. The highest BCUT2D eigenvalue weighted by atomic mass is 19.1. The fraction of sp³-hybridized carbons (Fsp3) is 0.476. The van der Waals surface area contributed by atoms with Crippen molar-refractivity contribution in [1.29, 1.82) is 0 Å². The number of imidazole rings is 1. The van der Waals surface area contributed by atoms with E-state index in [0.717, 1.165) is 25.0 Å². The van der Waals surface area contributed by atoms with Crippen LogP contribution in [0.2, 0.25) is 0 Å². The Balaban J connectivity index is 1.75. The minimum Gasteiger partial charge on any atom is -0.349 e. The average molecular weight is 386 g/mol. The Bertz CT molecular complexity index is 860. The lowest BCUT2D eigenvalue weighted by Crippen LogP contribution is -2.29. The van der Waals surface area contributed by atoms with Crippen LogP contribution in [0.25, 0.3) is 0 Å². The first-order valence-electron chi connectivity index (χ1n) is 9.86. The largest absolute Gasteiger partial charge is 0.349 e. The molecule has 2 amide bonds. The van der Waals surface area contributed by atoms with E-state index in [1.807, 2.05) is 4.57 Å². The van der Waals surface area contributed by atoms with Crippen LogP contribution >= 0.6 is 0 Å². The molecule has 0 saturated carbocycles. The maximum Gasteiger partial charge on any atom is 0.287 e. The minimum atomic E-state index is -0.380. The lowest BCUT2D eigenvalue weighted by atomic mass is 10.1. The summed E-state index contributed by atoms with van der Waals surface area (Å²) in [6, 6.07) is 6.32. The molecular formula is C21H27FN4O2. The predicted octanol–water partition coefficient (Wildman–Crippen LogP) is 3.06. The summed E-state index contributed by atoms with van der Waals surface area (Å²) in [6.07, 6.45) is 3.49. The van der Waals surface area contributed by atoms with E-state index in [1.165, 1.54) is 6.07 Å². The molecule has 0 unspecified atom stereocenters. The molecule has 0 aliphatic carbocycles. The molecule has 7 heteroatoms. The Labute approximate surface area is 164 Å². The molecule has 0 bridgehead atoms. The Morgan fingerprint density at radius 1 is 1.18 bits per heavy atom. The van der Waals surface area contributed by atoms with Crippen LogP contribution in [0.3, 0.4) is 0 Å². The van der Waals surface area contributed by atoms with Crippen LogP contribution in [0, 0.1) is 11.7 Å². The maximum absolute atomic E-state index is 13.8. The number of fused-ring (bicyclic) bond motifs is 1. The first-order valence-corrected chi connectivity index (χ1v) is 9.86. The molecule has 1 aliphatic heterocycles. The van der Waals surface area contributed by atoms with Crippen molar-refractivity contribution < 1.29 is 14.0 Å². The summed E-state index contributed by atoms with van der Waals surface area (Å²) < 4.78 is 15.6. The van der Waals surface area contributed by atoms with Crippen LogP contribution in [-0.4, -0.2) is 27.9 Å². The lowest BCUT2D eigenvalue weighted by molar-refractivity contribution is 0.0936. The van der Waals surface area contributed by atoms with Crippen molar-refractivity contribution in [3.63, 3.8) is 0 Å². The molecule has 150 valence electrons. The van der Waals surface area contributed by atoms with E-state index in [0.29, 0.717) is 31.0 Å². The van der Waals surface area contributed by atoms with Crippen LogP contribution in [-0.2, 0) is 19.5 Å². The first-order chi connectivity index (χ1) is 13.5. The second-order valence-electron chi connectivity index (χ2n) is 7.55. The van der Waals surface area contributed by atoms with Crippen molar-refractivity contribution in [3.8, 4) is 0 Å². The second kappa shape index (κ2) is 8.99. The first kappa shape index (κ1) is 20.0. The van der Waals surface area contributed by atoms with Crippen molar-refractivity contribution in [3.05, 3.63) is 52.9 Å². The van der Waals surface area contributed by atoms with E-state index in [4.69, 9.17) is 0 Å². The fourth-order valence-electron chi connectivity index (χ4n) is 3.35. The van der Waals surface area contributed by atoms with Crippen molar-refractivity contribution in [2.75, 3.05) is 6.54 Å². The van der Waals surface area contributed by atoms with Gasteiger partial charge in [-0.3, -0.25) is 9.59 Å². The number of aromatic nitrogens is 2. The van der Waals surface area contributed by atoms with Gasteiger partial charge in [-0.05, 0) is 37.7 Å². The third-order valence-corrected chi connectivity index (χ3v) is 4.94. The number of benzene rings is 1. The van der Waals surface area contributed by atoms with Crippen LogP contribution in [0.1, 0.15) is 65.5 Å². The molecule has 0 atom stereocenters. The second-order valence-corrected chi connectivity index (χ2v) is 7.55. The highest BCUT2D eigenvalue weighted by Crippen LogP contribution is 2.21. The van der Waals surface area contributed by atoms with Gasteiger partial charge >= 0.3 is 0 Å². The third-order valence-electron chi connectivity index (χ3n) is 4.94. The number of carbonyl (C=O) groups is 2. The number of amides is 2. The van der Waals surface area contributed by atoms with Gasteiger partial charge < -0.3 is 15.2 Å². The summed E-state index contributed by atoms with van der Waals surface area (Å²) in [7, 11) is 0. The van der Waals surface area contributed by atoms with E-state index in [9.17, 15) is 14.0 Å². The van der Waals surface area contributed by atoms with E-state index >= 15 is 0 Å². The topological polar surface area (TPSA) is 76.0 Å². The Morgan fingerprint density at radius 3 is 2.71 bits per heavy atom. The van der Waals surface area contributed by atoms with Gasteiger partial charge in [0.1, 0.15) is 11.5 Å². The Hall–Kier alpha value is -2.70. The molecule has 2 N–H and O–H groups in total. The van der Waals surface area contributed by atoms with E-state index in [2.05, 4.69) is 29.5 Å². The standard InChI is InChI=1S/C21H27FN4O2/c1-14(2)10-11-23-21(28)19-25-18(17-9-5-6-12-26(17)19)20(27)24-13-15-7-3-4-8-16(15)22/h3-4,7-8,14H,5-6,9-13H2,1-2H3,(H,23,28)(H,24,27). The quantitative estimate of drug-likeness (QED) is 0.768. The normalized spacial score (nSPS) is 13.3. The van der Waals surface area contributed by atoms with E-state index in [-0.39, 0.29) is 35.7 Å². The van der Waals surface area contributed by atoms with Gasteiger partial charge in [-0.25, -0.2) is 9.37 Å². The Morgan fingerprint density at radius 2 is 1.96 bits per heavy atom. The summed E-state index contributed by atoms with van der Waals surface area (Å²) in [4.78, 5) is 29.7. The highest BCUT2D eigenvalue weighted by molar-refractivity contribution is 5.97. The molecule has 2 heterocycles. The molecule has 0 spiro atoms. The van der Waals surface area contributed by atoms with Crippen molar-refractivity contribution in [1.82, 2.24) is 20.2 Å². The molecule has 6 nitrogen and oxygen atoms in total. The molecule has 0 fully saturated rings. The van der Waals surface area contributed by atoms with Crippen molar-refractivity contribution in [2.45, 2.75) is 52.6 Å². The molecule has 0 radical (unpaired) electrons. The molecule has 1 aromatic heterocycles. The number of hydrogen-bond donors (Lipinski definition) is 2. The Kier molecular flexibility index (Phi) is 6.44. The zero-order valence-electron chi connectivity index (χ0n) is 16.4. The minimum absolute atomic E-state index is 0.0771. The summed E-state index contributed by atoms with van der Waals surface area (Å²) in [5.41, 5.74) is 1.46. The van der Waals surface area contributed by atoms with Gasteiger partial charge in [0.2, 0.25) is 0 Å². The number of halogens is 1. The number of nitrogens with zero attached hydrogens (tertiary/aromatic N) is 2. The van der Waals surface area contributed by atoms with Crippen molar-refractivity contribution >= 4 is 11.8 Å². The molecule has 2 aromatic rings. The lowest BCUT2D eigenvalue weighted by Gasteiger charge is -2.17. The van der Waals surface area contributed by atoms with Crippen LogP contribution in [0.15, 0.2) is 24.3 Å². The average Bonchev–Trinajstić information content (AvgIpc) is 3.07. The van der Waals surface area contributed by atoms with Gasteiger partial charge in [-0.1, -0.05) is 32.0 Å². The van der Waals surface area contributed by atoms with Crippen LogP contribution in [0.4, 0.5) is 4.39 Å². The number of nitrogens with one attached hydrogen (secondary N) is 2. The zero-order valence-corrected chi connectivity index (χ0v) is 16.4. The van der Waals surface area contributed by atoms with E-state index < -0.39 is 0 Å². The van der Waals surface area contributed by atoms with Crippen molar-refractivity contribution in [2.24, 2.45) is 5.92 Å². The third kappa shape index (κ3) is 4.58. The summed E-state index contributed by atoms with van der Waals surface area (Å²) >= 11 is 0. The number of hydrogen-bond acceptors (Lipinski definition) is 3. The molecular weight excluding hydrogens is 359 g/mol. The van der Waals surface area contributed by atoms with Gasteiger partial charge in [0, 0.05) is 25.2 Å². The van der Waals surface area contributed by atoms with Crippen LogP contribution < -0.4 is 10.6 Å². The fourth-order valence-corrected chi connectivity index (χ4v) is 3.35. The molecule has 3 rings (SSSR count). The van der Waals surface area contributed by atoms with Gasteiger partial charge in [-0.2, -0.15) is 0 Å². The summed E-state index contributed by atoms with van der Waals surface area (Å²) in [5.74, 6) is -0.212. The molecule has 28 heavy (non-hydrogen) atoms. The molecule has 0 saturated heterocycles. The molecule has 1 aromatic carbocycles. The van der Waals surface area contributed by atoms with Gasteiger partial charge in [0.25, 0.3) is 11.8 Å².